The number of amides is 1. The van der Waals surface area contributed by atoms with Crippen LogP contribution in [0.1, 0.15) is 32.1 Å². The number of ether oxygens (including phenoxy) is 1. The zero-order valence-corrected chi connectivity index (χ0v) is 13.2. The molecule has 1 amide bonds. The number of carbonyl (C=O) groups is 1. The topological polar surface area (TPSA) is 69.0 Å². The van der Waals surface area contributed by atoms with E-state index in [-0.39, 0.29) is 17.9 Å². The summed E-state index contributed by atoms with van der Waals surface area (Å²) in [6, 6.07) is 9.31. The number of benzene rings is 1. The van der Waals surface area contributed by atoms with Crippen molar-refractivity contribution in [3.8, 4) is 5.75 Å². The van der Waals surface area contributed by atoms with E-state index in [0.29, 0.717) is 13.0 Å². The van der Waals surface area contributed by atoms with E-state index in [1.54, 1.807) is 4.68 Å². The maximum absolute atomic E-state index is 12.1. The summed E-state index contributed by atoms with van der Waals surface area (Å²) in [6.45, 7) is 4.43. The average molecular weight is 302 g/mol. The molecule has 0 radical (unpaired) electrons. The first-order chi connectivity index (χ1) is 10.6. The van der Waals surface area contributed by atoms with Crippen LogP contribution in [0.4, 0.5) is 0 Å². The van der Waals surface area contributed by atoms with Crippen molar-refractivity contribution in [1.82, 2.24) is 20.1 Å². The second kappa shape index (κ2) is 7.59. The molecule has 0 saturated heterocycles. The maximum atomic E-state index is 12.1. The molecule has 6 nitrogen and oxygen atoms in total. The molecule has 0 fully saturated rings. The van der Waals surface area contributed by atoms with Crippen LogP contribution in [0.2, 0.25) is 0 Å². The second-order valence-corrected chi connectivity index (χ2v) is 5.44. The van der Waals surface area contributed by atoms with Crippen molar-refractivity contribution in [3.63, 3.8) is 0 Å². The van der Waals surface area contributed by atoms with Crippen molar-refractivity contribution >= 4 is 5.91 Å². The lowest BCUT2D eigenvalue weighted by Gasteiger charge is -2.21. The number of hydrogen-bond donors (Lipinski definition) is 1. The average Bonchev–Trinajstić information content (AvgIpc) is 2.91. The molecule has 0 spiro atoms. The monoisotopic (exact) mass is 302 g/mol. The first-order valence-corrected chi connectivity index (χ1v) is 7.39. The number of aromatic nitrogens is 3. The fraction of sp³-hybridized carbons (Fsp3) is 0.438. The molecule has 0 aliphatic carbocycles. The van der Waals surface area contributed by atoms with Crippen LogP contribution in [0.25, 0.3) is 0 Å². The number of carbonyl (C=O) groups excluding carboxylic acids is 1. The van der Waals surface area contributed by atoms with Gasteiger partial charge in [-0.3, -0.25) is 9.48 Å². The molecule has 1 heterocycles. The highest BCUT2D eigenvalue weighted by Crippen LogP contribution is 2.19. The van der Waals surface area contributed by atoms with Crippen molar-refractivity contribution in [1.29, 1.82) is 0 Å². The summed E-state index contributed by atoms with van der Waals surface area (Å²) in [5.41, 5.74) is 0. The Kier molecular flexibility index (Phi) is 5.52. The van der Waals surface area contributed by atoms with E-state index < -0.39 is 0 Å². The number of nitrogens with one attached hydrogen (secondary N) is 1. The molecule has 1 N–H and O–H groups in total. The smallest absolute Gasteiger partial charge is 0.224 e. The fourth-order valence-electron chi connectivity index (χ4n) is 2.14. The van der Waals surface area contributed by atoms with Gasteiger partial charge in [0.2, 0.25) is 5.91 Å². The van der Waals surface area contributed by atoms with Crippen LogP contribution in [-0.2, 0) is 11.8 Å². The molecule has 1 aromatic carbocycles. The summed E-state index contributed by atoms with van der Waals surface area (Å²) in [5.74, 6) is 1.69. The third-order valence-corrected chi connectivity index (χ3v) is 3.35. The van der Waals surface area contributed by atoms with Crippen LogP contribution >= 0.6 is 0 Å². The molecule has 2 aromatic rings. The zero-order chi connectivity index (χ0) is 15.9. The van der Waals surface area contributed by atoms with Gasteiger partial charge in [-0.1, -0.05) is 32.0 Å². The van der Waals surface area contributed by atoms with Crippen molar-refractivity contribution in [3.05, 3.63) is 42.5 Å². The number of para-hydroxylation sites is 1. The molecule has 2 rings (SSSR count). The van der Waals surface area contributed by atoms with Gasteiger partial charge < -0.3 is 10.1 Å². The standard InChI is InChI=1S/C16H22N4O2/c1-12(2)15(16-17-11-18-20(16)3)19-14(21)9-10-22-13-7-5-4-6-8-13/h4-8,11-12,15H,9-10H2,1-3H3,(H,19,21)/t15-/m1/s1. The third-order valence-electron chi connectivity index (χ3n) is 3.35. The van der Waals surface area contributed by atoms with Crippen LogP contribution < -0.4 is 10.1 Å². The Hall–Kier alpha value is -2.37. The van der Waals surface area contributed by atoms with Crippen molar-refractivity contribution < 1.29 is 9.53 Å². The molecule has 0 aliphatic heterocycles. The minimum Gasteiger partial charge on any atom is -0.493 e. The zero-order valence-electron chi connectivity index (χ0n) is 13.2. The van der Waals surface area contributed by atoms with Crippen LogP contribution in [0.5, 0.6) is 5.75 Å². The summed E-state index contributed by atoms with van der Waals surface area (Å²) in [4.78, 5) is 16.3. The lowest BCUT2D eigenvalue weighted by molar-refractivity contribution is -0.122. The first kappa shape index (κ1) is 16.0. The fourth-order valence-corrected chi connectivity index (χ4v) is 2.14. The molecule has 22 heavy (non-hydrogen) atoms. The Balaban J connectivity index is 1.85. The van der Waals surface area contributed by atoms with Gasteiger partial charge >= 0.3 is 0 Å². The molecular formula is C16H22N4O2. The van der Waals surface area contributed by atoms with Gasteiger partial charge in [0.05, 0.1) is 19.1 Å². The summed E-state index contributed by atoms with van der Waals surface area (Å²) in [6.07, 6.45) is 1.80. The van der Waals surface area contributed by atoms with Crippen LogP contribution in [0.3, 0.4) is 0 Å². The highest BCUT2D eigenvalue weighted by molar-refractivity contribution is 5.76. The summed E-state index contributed by atoms with van der Waals surface area (Å²) in [5, 5.41) is 7.06. The minimum atomic E-state index is -0.156. The van der Waals surface area contributed by atoms with Gasteiger partial charge in [0.25, 0.3) is 0 Å². The van der Waals surface area contributed by atoms with E-state index in [4.69, 9.17) is 4.74 Å². The number of hydrogen-bond acceptors (Lipinski definition) is 4. The van der Waals surface area contributed by atoms with Crippen LogP contribution in [0, 0.1) is 5.92 Å². The lowest BCUT2D eigenvalue weighted by Crippen LogP contribution is -2.34. The Labute approximate surface area is 130 Å². The van der Waals surface area contributed by atoms with E-state index in [1.807, 2.05) is 51.2 Å². The van der Waals surface area contributed by atoms with Gasteiger partial charge in [-0.15, -0.1) is 0 Å². The van der Waals surface area contributed by atoms with E-state index in [1.165, 1.54) is 6.33 Å². The minimum absolute atomic E-state index is 0.0577. The van der Waals surface area contributed by atoms with Gasteiger partial charge in [-0.2, -0.15) is 5.10 Å². The Morgan fingerprint density at radius 3 is 2.64 bits per heavy atom. The Morgan fingerprint density at radius 2 is 2.05 bits per heavy atom. The lowest BCUT2D eigenvalue weighted by atomic mass is 10.0. The van der Waals surface area contributed by atoms with Gasteiger partial charge in [0, 0.05) is 7.05 Å². The molecule has 1 atom stereocenters. The predicted octanol–water partition coefficient (Wildman–Crippen LogP) is 2.10. The quantitative estimate of drug-likeness (QED) is 0.850. The third kappa shape index (κ3) is 4.31. The summed E-state index contributed by atoms with van der Waals surface area (Å²) >= 11 is 0. The summed E-state index contributed by atoms with van der Waals surface area (Å²) < 4.78 is 7.23. The largest absolute Gasteiger partial charge is 0.493 e. The van der Waals surface area contributed by atoms with Crippen LogP contribution in [0.15, 0.2) is 36.7 Å². The molecular weight excluding hydrogens is 280 g/mol. The van der Waals surface area contributed by atoms with E-state index in [2.05, 4.69) is 15.4 Å². The molecule has 0 aliphatic rings. The molecule has 6 heteroatoms. The molecule has 0 bridgehead atoms. The van der Waals surface area contributed by atoms with Crippen LogP contribution in [-0.4, -0.2) is 27.3 Å². The van der Waals surface area contributed by atoms with Gasteiger partial charge in [0.1, 0.15) is 17.9 Å². The number of rotatable bonds is 7. The van der Waals surface area contributed by atoms with Gasteiger partial charge in [-0.05, 0) is 18.1 Å². The SMILES string of the molecule is CC(C)[C@@H](NC(=O)CCOc1ccccc1)c1ncnn1C. The molecule has 0 unspecified atom stereocenters. The number of nitrogens with zero attached hydrogens (tertiary/aromatic N) is 3. The highest BCUT2D eigenvalue weighted by Gasteiger charge is 2.22. The highest BCUT2D eigenvalue weighted by atomic mass is 16.5. The summed E-state index contributed by atoms with van der Waals surface area (Å²) in [7, 11) is 1.82. The van der Waals surface area contributed by atoms with Gasteiger partial charge in [-0.25, -0.2) is 4.98 Å². The Morgan fingerprint density at radius 1 is 1.32 bits per heavy atom. The molecule has 0 saturated carbocycles. The van der Waals surface area contributed by atoms with Crippen molar-refractivity contribution in [2.75, 3.05) is 6.61 Å². The second-order valence-electron chi connectivity index (χ2n) is 5.44. The number of aryl methyl sites for hydroxylation is 1. The van der Waals surface area contributed by atoms with E-state index >= 15 is 0 Å². The normalized spacial score (nSPS) is 12.2. The molecule has 1 aromatic heterocycles. The predicted molar refractivity (Wildman–Crippen MR) is 83.3 cm³/mol. The first-order valence-electron chi connectivity index (χ1n) is 7.39. The van der Waals surface area contributed by atoms with Crippen molar-refractivity contribution in [2.45, 2.75) is 26.3 Å². The maximum Gasteiger partial charge on any atom is 0.224 e. The Bertz CT molecular complexity index is 595. The van der Waals surface area contributed by atoms with Crippen molar-refractivity contribution in [2.24, 2.45) is 13.0 Å². The van der Waals surface area contributed by atoms with E-state index in [9.17, 15) is 4.79 Å². The molecule has 118 valence electrons. The van der Waals surface area contributed by atoms with E-state index in [0.717, 1.165) is 11.6 Å². The van der Waals surface area contributed by atoms with Gasteiger partial charge in [0.15, 0.2) is 0 Å².